The molecule has 4 nitrogen and oxygen atoms in total. The molecule has 0 spiro atoms. The number of carbonyl (C=O) groups is 1. The Hall–Kier alpha value is -1.23. The number of pyridine rings is 1. The van der Waals surface area contributed by atoms with Gasteiger partial charge in [-0.2, -0.15) is 0 Å². The molecular formula is C16H24N2O2S. The zero-order chi connectivity index (χ0) is 15.5. The van der Waals surface area contributed by atoms with Gasteiger partial charge in [-0.25, -0.2) is 9.78 Å². The van der Waals surface area contributed by atoms with Crippen LogP contribution in [0.2, 0.25) is 0 Å². The molecule has 2 heterocycles. The molecule has 0 radical (unpaired) electrons. The van der Waals surface area contributed by atoms with Crippen molar-refractivity contribution in [2.24, 2.45) is 0 Å². The van der Waals surface area contributed by atoms with Gasteiger partial charge < -0.3 is 9.64 Å². The lowest BCUT2D eigenvalue weighted by molar-refractivity contribution is 0.0219. The summed E-state index contributed by atoms with van der Waals surface area (Å²) in [5, 5.41) is 1.59. The van der Waals surface area contributed by atoms with Crippen LogP contribution in [0.1, 0.15) is 39.2 Å². The topological polar surface area (TPSA) is 42.4 Å². The summed E-state index contributed by atoms with van der Waals surface area (Å²) in [6, 6.07) is 4.16. The maximum atomic E-state index is 12.0. The Morgan fingerprint density at radius 1 is 1.33 bits per heavy atom. The van der Waals surface area contributed by atoms with Crippen molar-refractivity contribution < 1.29 is 9.53 Å². The largest absolute Gasteiger partial charge is 0.444 e. The Kier molecular flexibility index (Phi) is 5.14. The number of hydrogen-bond acceptors (Lipinski definition) is 4. The molecule has 1 aromatic rings. The maximum absolute atomic E-state index is 12.0. The molecule has 0 aromatic carbocycles. The molecule has 1 amide bonds. The molecule has 0 bridgehead atoms. The molecule has 0 aliphatic carbocycles. The molecule has 0 saturated carbocycles. The lowest BCUT2D eigenvalue weighted by Crippen LogP contribution is -2.42. The van der Waals surface area contributed by atoms with Gasteiger partial charge in [-0.1, -0.05) is 6.07 Å². The second-order valence-corrected chi connectivity index (χ2v) is 7.78. The summed E-state index contributed by atoms with van der Waals surface area (Å²) in [7, 11) is 0. The van der Waals surface area contributed by atoms with E-state index in [1.54, 1.807) is 0 Å². The number of amides is 1. The van der Waals surface area contributed by atoms with E-state index in [2.05, 4.69) is 17.1 Å². The fourth-order valence-electron chi connectivity index (χ4n) is 2.18. The predicted octanol–water partition coefficient (Wildman–Crippen LogP) is 3.88. The van der Waals surface area contributed by atoms with Crippen molar-refractivity contribution in [1.29, 1.82) is 0 Å². The van der Waals surface area contributed by atoms with Crippen LogP contribution in [0.15, 0.2) is 23.4 Å². The minimum Gasteiger partial charge on any atom is -0.444 e. The van der Waals surface area contributed by atoms with E-state index >= 15 is 0 Å². The van der Waals surface area contributed by atoms with Crippen LogP contribution in [0.4, 0.5) is 4.79 Å². The van der Waals surface area contributed by atoms with Crippen molar-refractivity contribution in [2.75, 3.05) is 13.1 Å². The first-order valence-corrected chi connectivity index (χ1v) is 8.29. The minimum absolute atomic E-state index is 0.195. The maximum Gasteiger partial charge on any atom is 0.410 e. The normalized spacial score (nSPS) is 16.9. The van der Waals surface area contributed by atoms with Crippen LogP contribution in [-0.2, 0) is 4.74 Å². The van der Waals surface area contributed by atoms with E-state index in [1.165, 1.54) is 5.56 Å². The van der Waals surface area contributed by atoms with E-state index in [0.717, 1.165) is 31.0 Å². The van der Waals surface area contributed by atoms with Gasteiger partial charge in [0.25, 0.3) is 0 Å². The summed E-state index contributed by atoms with van der Waals surface area (Å²) in [4.78, 5) is 18.2. The molecule has 5 heteroatoms. The van der Waals surface area contributed by atoms with E-state index in [9.17, 15) is 4.79 Å². The highest BCUT2D eigenvalue weighted by atomic mass is 32.2. The highest BCUT2D eigenvalue weighted by Gasteiger charge is 2.27. The first-order valence-electron chi connectivity index (χ1n) is 7.41. The van der Waals surface area contributed by atoms with Gasteiger partial charge in [-0.15, -0.1) is 11.8 Å². The summed E-state index contributed by atoms with van der Waals surface area (Å²) in [5.74, 6) is 0. The quantitative estimate of drug-likeness (QED) is 0.831. The van der Waals surface area contributed by atoms with E-state index in [0.29, 0.717) is 5.25 Å². The van der Waals surface area contributed by atoms with Gasteiger partial charge in [-0.3, -0.25) is 0 Å². The molecule has 1 fully saturated rings. The number of aromatic nitrogens is 1. The lowest BCUT2D eigenvalue weighted by Gasteiger charge is -2.33. The van der Waals surface area contributed by atoms with Crippen LogP contribution in [0.3, 0.4) is 0 Å². The molecular weight excluding hydrogens is 284 g/mol. The van der Waals surface area contributed by atoms with E-state index < -0.39 is 5.60 Å². The van der Waals surface area contributed by atoms with Gasteiger partial charge in [0.05, 0.1) is 5.03 Å². The number of nitrogens with zero attached hydrogens (tertiary/aromatic N) is 2. The molecule has 0 atom stereocenters. The Labute approximate surface area is 131 Å². The molecule has 116 valence electrons. The number of piperidine rings is 1. The number of rotatable bonds is 2. The predicted molar refractivity (Wildman–Crippen MR) is 85.7 cm³/mol. The smallest absolute Gasteiger partial charge is 0.410 e. The summed E-state index contributed by atoms with van der Waals surface area (Å²) < 4.78 is 5.41. The molecule has 1 aliphatic rings. The third-order valence-corrected chi connectivity index (χ3v) is 4.55. The zero-order valence-corrected chi connectivity index (χ0v) is 14.1. The Morgan fingerprint density at radius 3 is 2.52 bits per heavy atom. The first kappa shape index (κ1) is 16.1. The number of likely N-dealkylation sites (tertiary alicyclic amines) is 1. The molecule has 0 N–H and O–H groups in total. The second-order valence-electron chi connectivity index (χ2n) is 6.46. The number of ether oxygens (including phenoxy) is 1. The van der Waals surface area contributed by atoms with Gasteiger partial charge in [0.1, 0.15) is 5.60 Å². The highest BCUT2D eigenvalue weighted by molar-refractivity contribution is 7.99. The van der Waals surface area contributed by atoms with Crippen LogP contribution >= 0.6 is 11.8 Å². The van der Waals surface area contributed by atoms with Crippen molar-refractivity contribution in [3.63, 3.8) is 0 Å². The molecule has 1 aromatic heterocycles. The number of carbonyl (C=O) groups excluding carboxylic acids is 1. The van der Waals surface area contributed by atoms with Gasteiger partial charge in [-0.05, 0) is 52.2 Å². The summed E-state index contributed by atoms with van der Waals surface area (Å²) in [5.41, 5.74) is 0.758. The first-order chi connectivity index (χ1) is 9.83. The fourth-order valence-corrected chi connectivity index (χ4v) is 3.23. The second kappa shape index (κ2) is 6.69. The highest BCUT2D eigenvalue weighted by Crippen LogP contribution is 2.29. The van der Waals surface area contributed by atoms with E-state index in [4.69, 9.17) is 4.74 Å². The van der Waals surface area contributed by atoms with Gasteiger partial charge in [0, 0.05) is 24.5 Å². The van der Waals surface area contributed by atoms with E-state index in [1.807, 2.05) is 50.6 Å². The third kappa shape index (κ3) is 5.23. The average molecular weight is 308 g/mol. The van der Waals surface area contributed by atoms with E-state index in [-0.39, 0.29) is 6.09 Å². The van der Waals surface area contributed by atoms with Crippen molar-refractivity contribution in [2.45, 2.75) is 56.4 Å². The molecule has 1 aliphatic heterocycles. The third-order valence-electron chi connectivity index (χ3n) is 3.27. The monoisotopic (exact) mass is 308 g/mol. The molecule has 0 unspecified atom stereocenters. The van der Waals surface area contributed by atoms with Crippen molar-refractivity contribution >= 4 is 17.9 Å². The van der Waals surface area contributed by atoms with Crippen LogP contribution in [-0.4, -0.2) is 39.9 Å². The van der Waals surface area contributed by atoms with Crippen molar-refractivity contribution in [1.82, 2.24) is 9.88 Å². The Balaban J connectivity index is 1.80. The average Bonchev–Trinajstić information content (AvgIpc) is 2.40. The zero-order valence-electron chi connectivity index (χ0n) is 13.3. The standard InChI is InChI=1S/C16H24N2O2S/c1-12-5-6-14(17-11-12)21-13-7-9-18(10-8-13)15(19)20-16(2,3)4/h5-6,11,13H,7-10H2,1-4H3. The molecule has 21 heavy (non-hydrogen) atoms. The lowest BCUT2D eigenvalue weighted by atomic mass is 10.1. The number of thioether (sulfide) groups is 1. The fraction of sp³-hybridized carbons (Fsp3) is 0.625. The van der Waals surface area contributed by atoms with Gasteiger partial charge >= 0.3 is 6.09 Å². The van der Waals surface area contributed by atoms with Crippen molar-refractivity contribution in [3.05, 3.63) is 23.9 Å². The number of aryl methyl sites for hydroxylation is 1. The SMILES string of the molecule is Cc1ccc(SC2CCN(C(=O)OC(C)(C)C)CC2)nc1. The Bertz CT molecular complexity index is 474. The van der Waals surface area contributed by atoms with Crippen LogP contribution in [0, 0.1) is 6.92 Å². The molecule has 2 rings (SSSR count). The van der Waals surface area contributed by atoms with Crippen LogP contribution in [0.5, 0.6) is 0 Å². The van der Waals surface area contributed by atoms with Crippen molar-refractivity contribution in [3.8, 4) is 0 Å². The van der Waals surface area contributed by atoms with Gasteiger partial charge in [0.15, 0.2) is 0 Å². The van der Waals surface area contributed by atoms with Gasteiger partial charge in [0.2, 0.25) is 0 Å². The summed E-state index contributed by atoms with van der Waals surface area (Å²) in [6.45, 7) is 9.27. The molecule has 1 saturated heterocycles. The minimum atomic E-state index is -0.422. The Morgan fingerprint density at radius 2 is 2.00 bits per heavy atom. The summed E-state index contributed by atoms with van der Waals surface area (Å²) in [6.07, 6.45) is 3.68. The number of hydrogen-bond donors (Lipinski definition) is 0. The summed E-state index contributed by atoms with van der Waals surface area (Å²) >= 11 is 1.81. The van der Waals surface area contributed by atoms with Crippen LogP contribution < -0.4 is 0 Å². The van der Waals surface area contributed by atoms with Crippen LogP contribution in [0.25, 0.3) is 0 Å².